The van der Waals surface area contributed by atoms with E-state index in [1.54, 1.807) is 0 Å². The minimum absolute atomic E-state index is 0.0500. The lowest BCUT2D eigenvalue weighted by atomic mass is 10.1. The Balaban J connectivity index is 2.64. The highest BCUT2D eigenvalue weighted by Gasteiger charge is 2.16. The molecule has 1 atom stereocenters. The van der Waals surface area contributed by atoms with E-state index in [0.717, 1.165) is 0 Å². The van der Waals surface area contributed by atoms with Crippen molar-refractivity contribution in [3.63, 3.8) is 0 Å². The van der Waals surface area contributed by atoms with Gasteiger partial charge < -0.3 is 10.2 Å². The van der Waals surface area contributed by atoms with Gasteiger partial charge in [0.25, 0.3) is 0 Å². The number of hydrogen-bond acceptors (Lipinski definition) is 3. The minimum Gasteiger partial charge on any atom is -0.508 e. The van der Waals surface area contributed by atoms with Gasteiger partial charge in [0, 0.05) is 18.0 Å². The van der Waals surface area contributed by atoms with Crippen molar-refractivity contribution in [2.45, 2.75) is 25.8 Å². The highest BCUT2D eigenvalue weighted by atomic mass is 19.1. The van der Waals surface area contributed by atoms with Crippen molar-refractivity contribution in [1.82, 2.24) is 4.90 Å². The molecule has 0 aliphatic heterocycles. The van der Waals surface area contributed by atoms with E-state index >= 15 is 0 Å². The Hall–Kier alpha value is -1.62. The molecule has 1 aromatic carbocycles. The number of phenols is 1. The van der Waals surface area contributed by atoms with Crippen molar-refractivity contribution in [2.24, 2.45) is 0 Å². The van der Waals surface area contributed by atoms with Crippen LogP contribution in [0.25, 0.3) is 0 Å². The van der Waals surface area contributed by atoms with E-state index in [-0.39, 0.29) is 18.2 Å². The van der Waals surface area contributed by atoms with Gasteiger partial charge in [0.05, 0.1) is 0 Å². The molecule has 0 aromatic heterocycles. The maximum atomic E-state index is 13.1. The quantitative estimate of drug-likeness (QED) is 0.819. The van der Waals surface area contributed by atoms with Crippen LogP contribution in [0.5, 0.6) is 5.75 Å². The highest BCUT2D eigenvalue weighted by Crippen LogP contribution is 2.28. The molecule has 0 aliphatic carbocycles. The molecule has 1 aromatic rings. The van der Waals surface area contributed by atoms with Crippen LogP contribution in [0, 0.1) is 5.82 Å². The van der Waals surface area contributed by atoms with E-state index in [9.17, 15) is 14.3 Å². The molecule has 4 nitrogen and oxygen atoms in total. The number of carboxylic acids is 1. The summed E-state index contributed by atoms with van der Waals surface area (Å²) >= 11 is 0. The van der Waals surface area contributed by atoms with Crippen LogP contribution in [0.3, 0.4) is 0 Å². The number of phenolic OH excluding ortho intramolecular Hbond substituents is 1. The predicted molar refractivity (Wildman–Crippen MR) is 66.0 cm³/mol. The van der Waals surface area contributed by atoms with Gasteiger partial charge in [-0.25, -0.2) is 4.39 Å². The van der Waals surface area contributed by atoms with Gasteiger partial charge in [0.15, 0.2) is 0 Å². The first-order valence-corrected chi connectivity index (χ1v) is 5.82. The van der Waals surface area contributed by atoms with Crippen LogP contribution in [0.15, 0.2) is 18.2 Å². The van der Waals surface area contributed by atoms with Crippen LogP contribution in [-0.2, 0) is 4.79 Å². The highest BCUT2D eigenvalue weighted by molar-refractivity contribution is 5.66. The van der Waals surface area contributed by atoms with Crippen molar-refractivity contribution < 1.29 is 19.4 Å². The second-order valence-electron chi connectivity index (χ2n) is 4.36. The molecule has 0 bridgehead atoms. The standard InChI is InChI=1S/C13H18FNO3/c1-9(15(2)7-3-4-13(17)18)11-8-10(14)5-6-12(11)16/h5-6,8-9,16H,3-4,7H2,1-2H3,(H,17,18). The van der Waals surface area contributed by atoms with E-state index in [1.165, 1.54) is 18.2 Å². The van der Waals surface area contributed by atoms with E-state index in [1.807, 2.05) is 18.9 Å². The molecule has 2 N–H and O–H groups in total. The van der Waals surface area contributed by atoms with E-state index in [2.05, 4.69) is 0 Å². The molecular weight excluding hydrogens is 237 g/mol. The minimum atomic E-state index is -0.829. The monoisotopic (exact) mass is 255 g/mol. The molecule has 0 radical (unpaired) electrons. The van der Waals surface area contributed by atoms with Gasteiger partial charge in [-0.3, -0.25) is 9.69 Å². The summed E-state index contributed by atoms with van der Waals surface area (Å²) in [5, 5.41) is 18.2. The molecule has 0 saturated carbocycles. The summed E-state index contributed by atoms with van der Waals surface area (Å²) in [7, 11) is 1.82. The molecule has 5 heteroatoms. The lowest BCUT2D eigenvalue weighted by Gasteiger charge is -2.25. The fraction of sp³-hybridized carbons (Fsp3) is 0.462. The zero-order valence-electron chi connectivity index (χ0n) is 10.6. The lowest BCUT2D eigenvalue weighted by Crippen LogP contribution is -2.24. The smallest absolute Gasteiger partial charge is 0.303 e. The summed E-state index contributed by atoms with van der Waals surface area (Å²) in [6.07, 6.45) is 0.623. The summed E-state index contributed by atoms with van der Waals surface area (Å²) in [6, 6.07) is 3.66. The number of halogens is 1. The van der Waals surface area contributed by atoms with Crippen LogP contribution >= 0.6 is 0 Å². The average molecular weight is 255 g/mol. The van der Waals surface area contributed by atoms with Gasteiger partial charge in [0.2, 0.25) is 0 Å². The van der Waals surface area contributed by atoms with Crippen LogP contribution in [0.1, 0.15) is 31.4 Å². The number of benzene rings is 1. The summed E-state index contributed by atoms with van der Waals surface area (Å²) in [5.41, 5.74) is 0.507. The van der Waals surface area contributed by atoms with Crippen molar-refractivity contribution in [1.29, 1.82) is 0 Å². The lowest BCUT2D eigenvalue weighted by molar-refractivity contribution is -0.137. The van der Waals surface area contributed by atoms with Gasteiger partial charge in [0.1, 0.15) is 11.6 Å². The van der Waals surface area contributed by atoms with E-state index in [0.29, 0.717) is 18.5 Å². The Labute approximate surface area is 106 Å². The summed E-state index contributed by atoms with van der Waals surface area (Å²) in [4.78, 5) is 12.3. The first-order valence-electron chi connectivity index (χ1n) is 5.82. The molecule has 0 fully saturated rings. The zero-order valence-corrected chi connectivity index (χ0v) is 10.6. The van der Waals surface area contributed by atoms with Crippen molar-refractivity contribution >= 4 is 5.97 Å². The Kier molecular flexibility index (Phi) is 5.09. The Morgan fingerprint density at radius 3 is 2.78 bits per heavy atom. The fourth-order valence-corrected chi connectivity index (χ4v) is 1.77. The maximum absolute atomic E-state index is 13.1. The number of aromatic hydroxyl groups is 1. The molecular formula is C13H18FNO3. The third kappa shape index (κ3) is 4.00. The first kappa shape index (κ1) is 14.4. The van der Waals surface area contributed by atoms with E-state index < -0.39 is 11.8 Å². The van der Waals surface area contributed by atoms with Crippen molar-refractivity contribution in [3.05, 3.63) is 29.6 Å². The summed E-state index contributed by atoms with van der Waals surface area (Å²) in [5.74, 6) is -1.17. The number of nitrogens with zero attached hydrogens (tertiary/aromatic N) is 1. The number of carbonyl (C=O) groups is 1. The van der Waals surface area contributed by atoms with Gasteiger partial charge >= 0.3 is 5.97 Å². The first-order chi connectivity index (χ1) is 8.41. The zero-order chi connectivity index (χ0) is 13.7. The van der Waals surface area contributed by atoms with Gasteiger partial charge in [-0.15, -0.1) is 0 Å². The van der Waals surface area contributed by atoms with Crippen molar-refractivity contribution in [2.75, 3.05) is 13.6 Å². The second kappa shape index (κ2) is 6.35. The predicted octanol–water partition coefficient (Wildman–Crippen LogP) is 2.39. The fourth-order valence-electron chi connectivity index (χ4n) is 1.77. The molecule has 0 saturated heterocycles. The maximum Gasteiger partial charge on any atom is 0.303 e. The van der Waals surface area contributed by atoms with Crippen LogP contribution in [-0.4, -0.2) is 34.7 Å². The largest absolute Gasteiger partial charge is 0.508 e. The molecule has 1 rings (SSSR count). The molecule has 0 amide bonds. The van der Waals surface area contributed by atoms with Gasteiger partial charge in [-0.05, 0) is 45.1 Å². The SMILES string of the molecule is CC(c1cc(F)ccc1O)N(C)CCCC(=O)O. The van der Waals surface area contributed by atoms with Crippen LogP contribution in [0.4, 0.5) is 4.39 Å². The van der Waals surface area contributed by atoms with Crippen molar-refractivity contribution in [3.8, 4) is 5.75 Å². The number of hydrogen-bond donors (Lipinski definition) is 2. The van der Waals surface area contributed by atoms with Gasteiger partial charge in [-0.1, -0.05) is 0 Å². The van der Waals surface area contributed by atoms with Crippen LogP contribution < -0.4 is 0 Å². The topological polar surface area (TPSA) is 60.8 Å². The molecule has 18 heavy (non-hydrogen) atoms. The third-order valence-electron chi connectivity index (χ3n) is 3.00. The average Bonchev–Trinajstić information content (AvgIpc) is 2.30. The normalized spacial score (nSPS) is 12.7. The molecule has 0 spiro atoms. The number of rotatable bonds is 6. The Bertz CT molecular complexity index is 423. The Morgan fingerprint density at radius 2 is 2.17 bits per heavy atom. The van der Waals surface area contributed by atoms with Crippen LogP contribution in [0.2, 0.25) is 0 Å². The number of carboxylic acid groups (broad SMARTS) is 1. The Morgan fingerprint density at radius 1 is 1.50 bits per heavy atom. The molecule has 1 unspecified atom stereocenters. The molecule has 100 valence electrons. The number of aliphatic carboxylic acids is 1. The molecule has 0 aliphatic rings. The van der Waals surface area contributed by atoms with Gasteiger partial charge in [-0.2, -0.15) is 0 Å². The summed E-state index contributed by atoms with van der Waals surface area (Å²) in [6.45, 7) is 2.42. The summed E-state index contributed by atoms with van der Waals surface area (Å²) < 4.78 is 13.1. The second-order valence-corrected chi connectivity index (χ2v) is 4.36. The third-order valence-corrected chi connectivity index (χ3v) is 3.00. The molecule has 0 heterocycles. The van der Waals surface area contributed by atoms with E-state index in [4.69, 9.17) is 5.11 Å².